The molecule has 0 amide bonds. The maximum atomic E-state index is 11.1. The first-order chi connectivity index (χ1) is 9.89. The number of hydrogen-bond donors (Lipinski definition) is 1. The van der Waals surface area contributed by atoms with Gasteiger partial charge in [0.2, 0.25) is 0 Å². The maximum absolute atomic E-state index is 11.1. The fourth-order valence-electron chi connectivity index (χ4n) is 3.60. The van der Waals surface area contributed by atoms with Crippen LogP contribution in [0.15, 0.2) is 12.1 Å². The number of aryl methyl sites for hydroxylation is 3. The molecule has 0 heterocycles. The van der Waals surface area contributed by atoms with E-state index in [0.717, 1.165) is 37.2 Å². The molecule has 1 aromatic rings. The highest BCUT2D eigenvalue weighted by Gasteiger charge is 2.42. The highest BCUT2D eigenvalue weighted by molar-refractivity contribution is 5.38. The summed E-state index contributed by atoms with van der Waals surface area (Å²) in [6, 6.07) is 4.33. The van der Waals surface area contributed by atoms with Crippen molar-refractivity contribution in [3.05, 3.63) is 34.4 Å². The predicted octanol–water partition coefficient (Wildman–Crippen LogP) is 4.63. The average molecular weight is 290 g/mol. The molecule has 1 N–H and O–H groups in total. The summed E-state index contributed by atoms with van der Waals surface area (Å²) in [6.07, 6.45) is 3.66. The third-order valence-corrected chi connectivity index (χ3v) is 5.23. The zero-order valence-electron chi connectivity index (χ0n) is 14.2. The van der Waals surface area contributed by atoms with Gasteiger partial charge in [-0.2, -0.15) is 0 Å². The third kappa shape index (κ3) is 3.32. The summed E-state index contributed by atoms with van der Waals surface area (Å²) >= 11 is 0. The van der Waals surface area contributed by atoms with Crippen LogP contribution in [-0.2, 0) is 4.74 Å². The van der Waals surface area contributed by atoms with Gasteiger partial charge in [0.25, 0.3) is 0 Å². The van der Waals surface area contributed by atoms with Crippen molar-refractivity contribution in [2.45, 2.75) is 72.0 Å². The fraction of sp³-hybridized carbons (Fsp3) is 0.684. The molecule has 2 nitrogen and oxygen atoms in total. The minimum Gasteiger partial charge on any atom is -0.385 e. The van der Waals surface area contributed by atoms with Crippen molar-refractivity contribution in [2.75, 3.05) is 6.61 Å². The Hall–Kier alpha value is -0.860. The van der Waals surface area contributed by atoms with Crippen LogP contribution in [0.5, 0.6) is 0 Å². The molecule has 0 saturated heterocycles. The molecular formula is C19H30O2. The van der Waals surface area contributed by atoms with Crippen molar-refractivity contribution in [1.29, 1.82) is 0 Å². The summed E-state index contributed by atoms with van der Waals surface area (Å²) in [4.78, 5) is 0. The predicted molar refractivity (Wildman–Crippen MR) is 87.6 cm³/mol. The summed E-state index contributed by atoms with van der Waals surface area (Å²) < 4.78 is 6.11. The number of aliphatic hydroxyl groups excluding tert-OH is 1. The van der Waals surface area contributed by atoms with E-state index < -0.39 is 11.7 Å². The molecule has 1 atom stereocenters. The fourth-order valence-corrected chi connectivity index (χ4v) is 3.60. The summed E-state index contributed by atoms with van der Waals surface area (Å²) in [5.74, 6) is 0.742. The van der Waals surface area contributed by atoms with Crippen molar-refractivity contribution in [1.82, 2.24) is 0 Å². The van der Waals surface area contributed by atoms with Gasteiger partial charge in [-0.1, -0.05) is 19.1 Å². The normalized spacial score (nSPS) is 27.6. The zero-order valence-corrected chi connectivity index (χ0v) is 14.2. The lowest BCUT2D eigenvalue weighted by Gasteiger charge is -2.43. The molecule has 0 aliphatic heterocycles. The first kappa shape index (κ1) is 16.5. The van der Waals surface area contributed by atoms with Gasteiger partial charge in [-0.05, 0) is 81.5 Å². The van der Waals surface area contributed by atoms with Crippen LogP contribution in [0.3, 0.4) is 0 Å². The lowest BCUT2D eigenvalue weighted by molar-refractivity contribution is -0.146. The van der Waals surface area contributed by atoms with Crippen LogP contribution in [0.25, 0.3) is 0 Å². The van der Waals surface area contributed by atoms with Crippen LogP contribution in [0.4, 0.5) is 0 Å². The van der Waals surface area contributed by atoms with Crippen LogP contribution in [-0.4, -0.2) is 17.3 Å². The molecule has 0 bridgehead atoms. The van der Waals surface area contributed by atoms with Crippen molar-refractivity contribution >= 4 is 0 Å². The zero-order chi connectivity index (χ0) is 15.6. The van der Waals surface area contributed by atoms with E-state index in [2.05, 4.69) is 39.8 Å². The van der Waals surface area contributed by atoms with E-state index in [-0.39, 0.29) is 0 Å². The van der Waals surface area contributed by atoms with Gasteiger partial charge in [-0.15, -0.1) is 0 Å². The Labute approximate surface area is 129 Å². The number of rotatable bonds is 4. The largest absolute Gasteiger partial charge is 0.385 e. The standard InChI is InChI=1S/C19H30O2/c1-6-21-19(9-7-13(2)8-10-19)18(20)17-12-15(4)14(3)11-16(17)5/h11-13,18,20H,6-10H2,1-5H3. The Morgan fingerprint density at radius 3 is 2.29 bits per heavy atom. The monoisotopic (exact) mass is 290 g/mol. The van der Waals surface area contributed by atoms with Crippen molar-refractivity contribution in [3.63, 3.8) is 0 Å². The molecule has 2 rings (SSSR count). The molecule has 1 aliphatic carbocycles. The van der Waals surface area contributed by atoms with E-state index >= 15 is 0 Å². The molecule has 1 saturated carbocycles. The first-order valence-corrected chi connectivity index (χ1v) is 8.29. The number of benzene rings is 1. The summed E-state index contributed by atoms with van der Waals surface area (Å²) in [6.45, 7) is 11.3. The first-order valence-electron chi connectivity index (χ1n) is 8.29. The molecule has 0 spiro atoms. The van der Waals surface area contributed by atoms with Crippen LogP contribution in [0.1, 0.15) is 67.9 Å². The second kappa shape index (κ2) is 6.50. The van der Waals surface area contributed by atoms with Crippen LogP contribution in [0, 0.1) is 26.7 Å². The Kier molecular flexibility index (Phi) is 5.11. The van der Waals surface area contributed by atoms with Gasteiger partial charge in [0.15, 0.2) is 0 Å². The van der Waals surface area contributed by atoms with E-state index in [0.29, 0.717) is 6.61 Å². The number of hydrogen-bond acceptors (Lipinski definition) is 2. The molecule has 21 heavy (non-hydrogen) atoms. The topological polar surface area (TPSA) is 29.5 Å². The van der Waals surface area contributed by atoms with E-state index in [1.165, 1.54) is 16.7 Å². The Morgan fingerprint density at radius 1 is 1.14 bits per heavy atom. The minimum atomic E-state index is -0.524. The quantitative estimate of drug-likeness (QED) is 0.876. The van der Waals surface area contributed by atoms with Gasteiger partial charge in [0.1, 0.15) is 6.10 Å². The van der Waals surface area contributed by atoms with Crippen LogP contribution >= 0.6 is 0 Å². The highest BCUT2D eigenvalue weighted by atomic mass is 16.5. The lowest BCUT2D eigenvalue weighted by Crippen LogP contribution is -2.43. The molecule has 1 fully saturated rings. The van der Waals surface area contributed by atoms with Gasteiger partial charge in [0, 0.05) is 6.61 Å². The summed E-state index contributed by atoms with van der Waals surface area (Å²) in [5, 5.41) is 11.1. The van der Waals surface area contributed by atoms with Crippen LogP contribution in [0.2, 0.25) is 0 Å². The molecule has 1 aliphatic rings. The van der Waals surface area contributed by atoms with E-state index in [1.807, 2.05) is 6.92 Å². The lowest BCUT2D eigenvalue weighted by atomic mass is 9.73. The maximum Gasteiger partial charge on any atom is 0.108 e. The molecule has 1 aromatic carbocycles. The molecule has 118 valence electrons. The van der Waals surface area contributed by atoms with Gasteiger partial charge in [0.05, 0.1) is 5.60 Å². The third-order valence-electron chi connectivity index (χ3n) is 5.23. The highest BCUT2D eigenvalue weighted by Crippen LogP contribution is 2.44. The molecule has 0 radical (unpaired) electrons. The second-order valence-corrected chi connectivity index (χ2v) is 6.88. The second-order valence-electron chi connectivity index (χ2n) is 6.88. The Bertz CT molecular complexity index is 485. The van der Waals surface area contributed by atoms with Crippen molar-refractivity contribution < 1.29 is 9.84 Å². The van der Waals surface area contributed by atoms with E-state index in [1.54, 1.807) is 0 Å². The summed E-state index contributed by atoms with van der Waals surface area (Å²) in [5.41, 5.74) is 4.34. The molecule has 2 heteroatoms. The Morgan fingerprint density at radius 2 is 1.71 bits per heavy atom. The van der Waals surface area contributed by atoms with Gasteiger partial charge >= 0.3 is 0 Å². The molecule has 0 aromatic heterocycles. The van der Waals surface area contributed by atoms with Crippen molar-refractivity contribution in [3.8, 4) is 0 Å². The van der Waals surface area contributed by atoms with Crippen molar-refractivity contribution in [2.24, 2.45) is 5.92 Å². The number of aliphatic hydroxyl groups is 1. The van der Waals surface area contributed by atoms with Gasteiger partial charge in [-0.3, -0.25) is 0 Å². The SMILES string of the molecule is CCOC1(C(O)c2cc(C)c(C)cc2C)CCC(C)CC1. The Balaban J connectivity index is 2.34. The summed E-state index contributed by atoms with van der Waals surface area (Å²) in [7, 11) is 0. The van der Waals surface area contributed by atoms with Gasteiger partial charge < -0.3 is 9.84 Å². The molecule has 1 unspecified atom stereocenters. The smallest absolute Gasteiger partial charge is 0.108 e. The van der Waals surface area contributed by atoms with Crippen LogP contribution < -0.4 is 0 Å². The molecular weight excluding hydrogens is 260 g/mol. The average Bonchev–Trinajstić information content (AvgIpc) is 2.45. The number of ether oxygens (including phenoxy) is 1. The van der Waals surface area contributed by atoms with E-state index in [9.17, 15) is 5.11 Å². The minimum absolute atomic E-state index is 0.395. The van der Waals surface area contributed by atoms with Gasteiger partial charge in [-0.25, -0.2) is 0 Å². The van der Waals surface area contributed by atoms with E-state index in [4.69, 9.17) is 4.74 Å².